The van der Waals surface area contributed by atoms with Crippen molar-refractivity contribution in [2.45, 2.75) is 4.90 Å². The molecule has 0 aromatic heterocycles. The Morgan fingerprint density at radius 1 is 1.08 bits per heavy atom. The van der Waals surface area contributed by atoms with Gasteiger partial charge >= 0.3 is 0 Å². The first-order chi connectivity index (χ1) is 11.3. The van der Waals surface area contributed by atoms with E-state index in [9.17, 15) is 22.0 Å². The highest BCUT2D eigenvalue weighted by Gasteiger charge is 2.14. The number of carbonyl (C=O) groups is 1. The van der Waals surface area contributed by atoms with Gasteiger partial charge in [-0.05, 0) is 36.4 Å². The molecule has 0 unspecified atom stereocenters. The first-order valence-electron chi connectivity index (χ1n) is 6.63. The molecule has 2 N–H and O–H groups in total. The molecule has 0 aliphatic heterocycles. The van der Waals surface area contributed by atoms with Crippen LogP contribution in [0.4, 0.5) is 14.5 Å². The third-order valence-electron chi connectivity index (χ3n) is 2.97. The van der Waals surface area contributed by atoms with Crippen molar-refractivity contribution >= 4 is 21.6 Å². The van der Waals surface area contributed by atoms with Gasteiger partial charge in [0.1, 0.15) is 0 Å². The van der Waals surface area contributed by atoms with E-state index in [0.29, 0.717) is 0 Å². The summed E-state index contributed by atoms with van der Waals surface area (Å²) >= 11 is 0. The summed E-state index contributed by atoms with van der Waals surface area (Å²) in [5.41, 5.74) is 0.224. The fraction of sp³-hybridized carbons (Fsp3) is 0.0625. The molecule has 0 bridgehead atoms. The summed E-state index contributed by atoms with van der Waals surface area (Å²) in [7, 11) is -3.75. The highest BCUT2D eigenvalue weighted by atomic mass is 32.2. The minimum absolute atomic E-state index is 0.0536. The van der Waals surface area contributed by atoms with Crippen LogP contribution < -0.4 is 10.0 Å². The van der Waals surface area contributed by atoms with Gasteiger partial charge in [-0.2, -0.15) is 4.72 Å². The van der Waals surface area contributed by atoms with Crippen LogP contribution in [-0.4, -0.2) is 20.9 Å². The van der Waals surface area contributed by atoms with E-state index in [1.807, 2.05) is 0 Å². The largest absolute Gasteiger partial charge is 0.322 e. The van der Waals surface area contributed by atoms with Crippen molar-refractivity contribution in [3.05, 3.63) is 59.7 Å². The molecule has 2 rings (SSSR count). The minimum Gasteiger partial charge on any atom is -0.322 e. The van der Waals surface area contributed by atoms with E-state index in [1.165, 1.54) is 30.3 Å². The number of hydrogen-bond acceptors (Lipinski definition) is 3. The van der Waals surface area contributed by atoms with Crippen LogP contribution in [0.5, 0.6) is 0 Å². The monoisotopic (exact) mass is 350 g/mol. The fourth-order valence-corrected chi connectivity index (χ4v) is 2.72. The standard InChI is InChI=1S/C16H12F2N2O3S/c1-2-9-19-24(22,23)13-6-3-11(4-7-13)16(21)20-12-5-8-14(17)15(18)10-12/h1,3-8,10,19H,9H2,(H,20,21). The third kappa shape index (κ3) is 4.16. The van der Waals surface area contributed by atoms with E-state index in [0.717, 1.165) is 12.1 Å². The second kappa shape index (κ2) is 7.21. The van der Waals surface area contributed by atoms with Gasteiger partial charge in [0.25, 0.3) is 5.91 Å². The lowest BCUT2D eigenvalue weighted by atomic mass is 10.2. The Hall–Kier alpha value is -2.76. The van der Waals surface area contributed by atoms with Crippen molar-refractivity contribution < 1.29 is 22.0 Å². The zero-order valence-electron chi connectivity index (χ0n) is 12.2. The van der Waals surface area contributed by atoms with E-state index in [1.54, 1.807) is 0 Å². The molecule has 2 aromatic rings. The molecule has 2 aromatic carbocycles. The molecule has 5 nitrogen and oxygen atoms in total. The molecule has 0 saturated heterocycles. The summed E-state index contributed by atoms with van der Waals surface area (Å²) in [6.45, 7) is -0.152. The topological polar surface area (TPSA) is 75.3 Å². The Balaban J connectivity index is 2.14. The maximum Gasteiger partial charge on any atom is 0.255 e. The first kappa shape index (κ1) is 17.6. The van der Waals surface area contributed by atoms with Gasteiger partial charge in [-0.15, -0.1) is 6.42 Å². The SMILES string of the molecule is C#CCNS(=O)(=O)c1ccc(C(=O)Nc2ccc(F)c(F)c2)cc1. The van der Waals surface area contributed by atoms with Crippen LogP contribution in [-0.2, 0) is 10.0 Å². The van der Waals surface area contributed by atoms with Gasteiger partial charge in [-0.25, -0.2) is 17.2 Å². The number of sulfonamides is 1. The summed E-state index contributed by atoms with van der Waals surface area (Å²) in [4.78, 5) is 12.0. The van der Waals surface area contributed by atoms with Crippen LogP contribution in [0.2, 0.25) is 0 Å². The zero-order valence-corrected chi connectivity index (χ0v) is 13.0. The minimum atomic E-state index is -3.75. The Kier molecular flexibility index (Phi) is 5.28. The number of amides is 1. The second-order valence-corrected chi connectivity index (χ2v) is 6.40. The average molecular weight is 350 g/mol. The molecule has 0 aliphatic rings. The van der Waals surface area contributed by atoms with Crippen molar-refractivity contribution in [1.82, 2.24) is 4.72 Å². The van der Waals surface area contributed by atoms with Crippen molar-refractivity contribution in [2.75, 3.05) is 11.9 Å². The predicted molar refractivity (Wildman–Crippen MR) is 84.8 cm³/mol. The molecule has 24 heavy (non-hydrogen) atoms. The number of rotatable bonds is 5. The van der Waals surface area contributed by atoms with E-state index in [2.05, 4.69) is 16.0 Å². The Bertz CT molecular complexity index is 904. The third-order valence-corrected chi connectivity index (χ3v) is 4.39. The highest BCUT2D eigenvalue weighted by Crippen LogP contribution is 2.15. The van der Waals surface area contributed by atoms with Crippen LogP contribution in [0.3, 0.4) is 0 Å². The Morgan fingerprint density at radius 2 is 1.75 bits per heavy atom. The van der Waals surface area contributed by atoms with Crippen LogP contribution in [0.1, 0.15) is 10.4 Å². The predicted octanol–water partition coefficient (Wildman–Crippen LogP) is 2.13. The van der Waals surface area contributed by atoms with Crippen LogP contribution in [0.15, 0.2) is 47.4 Å². The molecular formula is C16H12F2N2O3S. The maximum atomic E-state index is 13.1. The molecular weight excluding hydrogens is 338 g/mol. The van der Waals surface area contributed by atoms with E-state index < -0.39 is 27.6 Å². The van der Waals surface area contributed by atoms with Crippen molar-refractivity contribution in [2.24, 2.45) is 0 Å². The number of anilines is 1. The lowest BCUT2D eigenvalue weighted by Crippen LogP contribution is -2.24. The quantitative estimate of drug-likeness (QED) is 0.811. The number of nitrogens with one attached hydrogen (secondary N) is 2. The van der Waals surface area contributed by atoms with Gasteiger partial charge in [0.2, 0.25) is 10.0 Å². The van der Waals surface area contributed by atoms with Crippen LogP contribution >= 0.6 is 0 Å². The Morgan fingerprint density at radius 3 is 2.33 bits per heavy atom. The smallest absolute Gasteiger partial charge is 0.255 e. The number of terminal acetylenes is 1. The molecule has 0 heterocycles. The summed E-state index contributed by atoms with van der Waals surface area (Å²) < 4.78 is 51.8. The summed E-state index contributed by atoms with van der Waals surface area (Å²) in [5.74, 6) is -0.563. The van der Waals surface area contributed by atoms with Crippen molar-refractivity contribution in [3.8, 4) is 12.3 Å². The molecule has 1 amide bonds. The van der Waals surface area contributed by atoms with Gasteiger partial charge in [0, 0.05) is 17.3 Å². The van der Waals surface area contributed by atoms with Gasteiger partial charge < -0.3 is 5.32 Å². The highest BCUT2D eigenvalue weighted by molar-refractivity contribution is 7.89. The molecule has 124 valence electrons. The van der Waals surface area contributed by atoms with Crippen molar-refractivity contribution in [1.29, 1.82) is 0 Å². The first-order valence-corrected chi connectivity index (χ1v) is 8.11. The van der Waals surface area contributed by atoms with Crippen LogP contribution in [0.25, 0.3) is 0 Å². The summed E-state index contributed by atoms with van der Waals surface area (Å²) in [6, 6.07) is 7.99. The fourth-order valence-electron chi connectivity index (χ4n) is 1.78. The number of hydrogen-bond donors (Lipinski definition) is 2. The normalized spacial score (nSPS) is 10.9. The second-order valence-electron chi connectivity index (χ2n) is 4.64. The average Bonchev–Trinajstić information content (AvgIpc) is 2.56. The Labute approximate surface area is 137 Å². The molecule has 0 fully saturated rings. The van der Waals surface area contributed by atoms with Gasteiger partial charge in [-0.1, -0.05) is 5.92 Å². The van der Waals surface area contributed by atoms with E-state index >= 15 is 0 Å². The van der Waals surface area contributed by atoms with Gasteiger partial charge in [0.15, 0.2) is 11.6 Å². The van der Waals surface area contributed by atoms with E-state index in [4.69, 9.17) is 6.42 Å². The molecule has 0 aliphatic carbocycles. The lowest BCUT2D eigenvalue weighted by Gasteiger charge is -2.07. The molecule has 0 saturated carbocycles. The lowest BCUT2D eigenvalue weighted by molar-refractivity contribution is 0.102. The maximum absolute atomic E-state index is 13.1. The van der Waals surface area contributed by atoms with E-state index in [-0.39, 0.29) is 22.7 Å². The number of halogens is 2. The number of carbonyl (C=O) groups excluding carboxylic acids is 1. The zero-order chi connectivity index (χ0) is 17.7. The summed E-state index contributed by atoms with van der Waals surface area (Å²) in [6.07, 6.45) is 4.99. The molecule has 0 atom stereocenters. The summed E-state index contributed by atoms with van der Waals surface area (Å²) in [5, 5.41) is 2.38. The van der Waals surface area contributed by atoms with Gasteiger partial charge in [0.05, 0.1) is 11.4 Å². The molecule has 0 spiro atoms. The van der Waals surface area contributed by atoms with Crippen molar-refractivity contribution in [3.63, 3.8) is 0 Å². The molecule has 0 radical (unpaired) electrons. The molecule has 8 heteroatoms. The number of benzene rings is 2. The van der Waals surface area contributed by atoms with Gasteiger partial charge in [-0.3, -0.25) is 4.79 Å². The van der Waals surface area contributed by atoms with Crippen LogP contribution in [0, 0.1) is 24.0 Å².